The van der Waals surface area contributed by atoms with Gasteiger partial charge in [0.2, 0.25) is 11.8 Å². The van der Waals surface area contributed by atoms with Gasteiger partial charge in [-0.05, 0) is 36.4 Å². The molecule has 0 bridgehead atoms. The number of ketones is 2. The number of amides is 2. The summed E-state index contributed by atoms with van der Waals surface area (Å²) < 4.78 is 0. The number of thioether (sulfide) groups is 1. The summed E-state index contributed by atoms with van der Waals surface area (Å²) >= 11 is 1.03. The summed E-state index contributed by atoms with van der Waals surface area (Å²) in [5, 5.41) is 24.8. The van der Waals surface area contributed by atoms with Gasteiger partial charge in [0, 0.05) is 24.0 Å². The lowest BCUT2D eigenvalue weighted by Gasteiger charge is -2.10. The Morgan fingerprint density at radius 2 is 1.13 bits per heavy atom. The fourth-order valence-corrected chi connectivity index (χ4v) is 3.25. The lowest BCUT2D eigenvalue weighted by molar-refractivity contribution is -0.114. The SMILES string of the molecule is CCC(=O)c1ccc(O)c(NC(=O)CSCC(=O)Nc2cc(C(=O)CC)ccc2O)c1. The Kier molecular flexibility index (Phi) is 8.63. The number of Topliss-reactive ketones (excluding diaryl/α,β-unsaturated/α-hetero) is 2. The van der Waals surface area contributed by atoms with Crippen molar-refractivity contribution >= 4 is 46.5 Å². The molecule has 0 aromatic heterocycles. The molecule has 0 aliphatic rings. The van der Waals surface area contributed by atoms with E-state index in [2.05, 4.69) is 10.6 Å². The van der Waals surface area contributed by atoms with E-state index < -0.39 is 11.8 Å². The highest BCUT2D eigenvalue weighted by molar-refractivity contribution is 8.00. The fraction of sp³-hybridized carbons (Fsp3) is 0.273. The van der Waals surface area contributed by atoms with Crippen LogP contribution in [-0.2, 0) is 9.59 Å². The second kappa shape index (κ2) is 11.2. The highest BCUT2D eigenvalue weighted by Crippen LogP contribution is 2.26. The van der Waals surface area contributed by atoms with Gasteiger partial charge in [0.05, 0.1) is 22.9 Å². The normalized spacial score (nSPS) is 10.4. The number of phenols is 2. The first kappa shape index (κ1) is 23.9. The second-order valence-electron chi connectivity index (χ2n) is 6.61. The monoisotopic (exact) mass is 444 g/mol. The number of hydrogen-bond donors (Lipinski definition) is 4. The first-order chi connectivity index (χ1) is 14.7. The van der Waals surface area contributed by atoms with E-state index in [1.54, 1.807) is 13.8 Å². The Morgan fingerprint density at radius 3 is 1.48 bits per heavy atom. The van der Waals surface area contributed by atoms with Crippen molar-refractivity contribution < 1.29 is 29.4 Å². The number of benzene rings is 2. The molecule has 8 nitrogen and oxygen atoms in total. The van der Waals surface area contributed by atoms with Crippen molar-refractivity contribution in [3.05, 3.63) is 47.5 Å². The third-order valence-corrected chi connectivity index (χ3v) is 5.23. The van der Waals surface area contributed by atoms with Crippen LogP contribution in [0.3, 0.4) is 0 Å². The highest BCUT2D eigenvalue weighted by Gasteiger charge is 2.13. The number of hydrogen-bond acceptors (Lipinski definition) is 7. The maximum absolute atomic E-state index is 12.1. The maximum Gasteiger partial charge on any atom is 0.234 e. The molecule has 0 saturated heterocycles. The predicted octanol–water partition coefficient (Wildman–Crippen LogP) is 3.59. The molecular weight excluding hydrogens is 420 g/mol. The standard InChI is InChI=1S/C22H24N2O6S/c1-3-17(25)13-5-7-19(27)15(9-13)23-21(29)11-31-12-22(30)24-16-10-14(18(26)4-2)6-8-20(16)28/h5-10,27-28H,3-4,11-12H2,1-2H3,(H,23,29)(H,24,30). The smallest absolute Gasteiger partial charge is 0.234 e. The average molecular weight is 445 g/mol. The first-order valence-corrected chi connectivity index (χ1v) is 10.8. The molecule has 4 N–H and O–H groups in total. The molecule has 0 aliphatic heterocycles. The highest BCUT2D eigenvalue weighted by atomic mass is 32.2. The van der Waals surface area contributed by atoms with Gasteiger partial charge in [-0.1, -0.05) is 13.8 Å². The van der Waals surface area contributed by atoms with Gasteiger partial charge in [0.15, 0.2) is 11.6 Å². The summed E-state index contributed by atoms with van der Waals surface area (Å²) in [6.07, 6.45) is 0.600. The molecule has 9 heteroatoms. The number of rotatable bonds is 10. The Balaban J connectivity index is 1.88. The summed E-state index contributed by atoms with van der Waals surface area (Å²) in [5.41, 5.74) is 1.01. The van der Waals surface area contributed by atoms with Crippen molar-refractivity contribution in [2.24, 2.45) is 0 Å². The van der Waals surface area contributed by atoms with Crippen LogP contribution >= 0.6 is 11.8 Å². The first-order valence-electron chi connectivity index (χ1n) is 9.65. The summed E-state index contributed by atoms with van der Waals surface area (Å²) in [5.74, 6) is -1.61. The molecule has 0 radical (unpaired) electrons. The molecule has 2 rings (SSSR count). The van der Waals surface area contributed by atoms with E-state index in [4.69, 9.17) is 0 Å². The molecule has 0 fully saturated rings. The van der Waals surface area contributed by atoms with Crippen LogP contribution in [0.5, 0.6) is 11.5 Å². The lowest BCUT2D eigenvalue weighted by Crippen LogP contribution is -2.19. The van der Waals surface area contributed by atoms with Crippen LogP contribution in [0.2, 0.25) is 0 Å². The zero-order valence-electron chi connectivity index (χ0n) is 17.2. The molecule has 0 saturated carbocycles. The van der Waals surface area contributed by atoms with Gasteiger partial charge in [-0.25, -0.2) is 0 Å². The molecule has 0 atom stereocenters. The van der Waals surface area contributed by atoms with E-state index in [1.165, 1.54) is 36.4 Å². The van der Waals surface area contributed by atoms with Gasteiger partial charge in [0.25, 0.3) is 0 Å². The molecule has 0 spiro atoms. The van der Waals surface area contributed by atoms with E-state index in [9.17, 15) is 29.4 Å². The molecule has 2 aromatic rings. The van der Waals surface area contributed by atoms with Crippen LogP contribution in [0, 0.1) is 0 Å². The zero-order chi connectivity index (χ0) is 23.0. The Morgan fingerprint density at radius 1 is 0.742 bits per heavy atom. The molecule has 31 heavy (non-hydrogen) atoms. The predicted molar refractivity (Wildman–Crippen MR) is 120 cm³/mol. The minimum Gasteiger partial charge on any atom is -0.506 e. The fourth-order valence-electron chi connectivity index (χ4n) is 2.64. The van der Waals surface area contributed by atoms with Crippen LogP contribution in [-0.4, -0.2) is 45.1 Å². The lowest BCUT2D eigenvalue weighted by atomic mass is 10.1. The van der Waals surface area contributed by atoms with Gasteiger partial charge < -0.3 is 20.8 Å². The van der Waals surface area contributed by atoms with E-state index in [0.29, 0.717) is 24.0 Å². The number of nitrogens with one attached hydrogen (secondary N) is 2. The Hall–Kier alpha value is -3.33. The van der Waals surface area contributed by atoms with E-state index in [1.807, 2.05) is 0 Å². The molecule has 0 heterocycles. The van der Waals surface area contributed by atoms with Gasteiger partial charge in [-0.3, -0.25) is 19.2 Å². The van der Waals surface area contributed by atoms with Gasteiger partial charge in [-0.15, -0.1) is 11.8 Å². The van der Waals surface area contributed by atoms with Crippen LogP contribution in [0.1, 0.15) is 47.4 Å². The minimum atomic E-state index is -0.451. The van der Waals surface area contributed by atoms with E-state index in [-0.39, 0.29) is 45.9 Å². The number of aromatic hydroxyl groups is 2. The number of phenolic OH excluding ortho intramolecular Hbond substituents is 2. The van der Waals surface area contributed by atoms with Crippen LogP contribution in [0.25, 0.3) is 0 Å². The van der Waals surface area contributed by atoms with Crippen LogP contribution < -0.4 is 10.6 Å². The third-order valence-electron chi connectivity index (χ3n) is 4.29. The van der Waals surface area contributed by atoms with Crippen LogP contribution in [0.15, 0.2) is 36.4 Å². The van der Waals surface area contributed by atoms with Crippen molar-refractivity contribution in [3.8, 4) is 11.5 Å². The van der Waals surface area contributed by atoms with Crippen LogP contribution in [0.4, 0.5) is 11.4 Å². The zero-order valence-corrected chi connectivity index (χ0v) is 18.0. The van der Waals surface area contributed by atoms with Crippen molar-refractivity contribution in [2.75, 3.05) is 22.1 Å². The summed E-state index contributed by atoms with van der Waals surface area (Å²) in [6, 6.07) is 8.45. The molecule has 2 amide bonds. The summed E-state index contributed by atoms with van der Waals surface area (Å²) in [4.78, 5) is 47.8. The molecular formula is C22H24N2O6S. The molecule has 2 aromatic carbocycles. The summed E-state index contributed by atoms with van der Waals surface area (Å²) in [7, 11) is 0. The third kappa shape index (κ3) is 6.85. The van der Waals surface area contributed by atoms with E-state index >= 15 is 0 Å². The van der Waals surface area contributed by atoms with Gasteiger partial charge in [-0.2, -0.15) is 0 Å². The Bertz CT molecular complexity index is 926. The quantitative estimate of drug-likeness (QED) is 0.325. The minimum absolute atomic E-state index is 0.0703. The van der Waals surface area contributed by atoms with E-state index in [0.717, 1.165) is 11.8 Å². The number of anilines is 2. The second-order valence-corrected chi connectivity index (χ2v) is 7.59. The molecule has 164 valence electrons. The van der Waals surface area contributed by atoms with Crippen molar-refractivity contribution in [3.63, 3.8) is 0 Å². The number of carbonyl (C=O) groups is 4. The number of carbonyl (C=O) groups excluding carboxylic acids is 4. The average Bonchev–Trinajstić information content (AvgIpc) is 2.75. The van der Waals surface area contributed by atoms with Crippen molar-refractivity contribution in [1.82, 2.24) is 0 Å². The van der Waals surface area contributed by atoms with Crippen molar-refractivity contribution in [2.45, 2.75) is 26.7 Å². The topological polar surface area (TPSA) is 133 Å². The Labute approximate surface area is 184 Å². The van der Waals surface area contributed by atoms with Gasteiger partial charge in [0.1, 0.15) is 11.5 Å². The molecule has 0 unspecified atom stereocenters. The van der Waals surface area contributed by atoms with Crippen molar-refractivity contribution in [1.29, 1.82) is 0 Å². The van der Waals surface area contributed by atoms with Gasteiger partial charge >= 0.3 is 0 Å². The maximum atomic E-state index is 12.1. The summed E-state index contributed by atoms with van der Waals surface area (Å²) in [6.45, 7) is 3.43. The largest absolute Gasteiger partial charge is 0.506 e. The molecule has 0 aliphatic carbocycles.